The van der Waals surface area contributed by atoms with Gasteiger partial charge in [-0.3, -0.25) is 9.69 Å². The fourth-order valence-electron chi connectivity index (χ4n) is 2.38. The van der Waals surface area contributed by atoms with Crippen LogP contribution in [0.1, 0.15) is 24.2 Å². The van der Waals surface area contributed by atoms with Gasteiger partial charge >= 0.3 is 0 Å². The van der Waals surface area contributed by atoms with E-state index in [1.807, 2.05) is 19.9 Å². The molecule has 20 heavy (non-hydrogen) atoms. The zero-order valence-corrected chi connectivity index (χ0v) is 13.7. The van der Waals surface area contributed by atoms with Crippen LogP contribution in [0.3, 0.4) is 0 Å². The van der Waals surface area contributed by atoms with Crippen molar-refractivity contribution in [2.24, 2.45) is 0 Å². The quantitative estimate of drug-likeness (QED) is 0.789. The maximum absolute atomic E-state index is 12.3. The van der Waals surface area contributed by atoms with Crippen LogP contribution in [0.2, 0.25) is 0 Å². The average Bonchev–Trinajstić information content (AvgIpc) is 2.37. The Balaban J connectivity index is 2.03. The average molecular weight is 342 g/mol. The molecule has 4 nitrogen and oxygen atoms in total. The summed E-state index contributed by atoms with van der Waals surface area (Å²) in [6.45, 7) is 6.77. The van der Waals surface area contributed by atoms with Crippen molar-refractivity contribution in [2.75, 3.05) is 33.4 Å². The molecule has 110 valence electrons. The lowest BCUT2D eigenvalue weighted by Crippen LogP contribution is -2.49. The molecule has 0 aliphatic carbocycles. The molecule has 5 heteroatoms. The van der Waals surface area contributed by atoms with E-state index in [4.69, 9.17) is 9.47 Å². The predicted octanol–water partition coefficient (Wildman–Crippen LogP) is 2.75. The third-order valence-corrected chi connectivity index (χ3v) is 3.97. The van der Waals surface area contributed by atoms with E-state index in [2.05, 4.69) is 20.8 Å². The zero-order chi connectivity index (χ0) is 14.8. The van der Waals surface area contributed by atoms with Crippen LogP contribution in [0.4, 0.5) is 0 Å². The normalized spacial score (nSPS) is 18.8. The molecule has 1 aromatic rings. The molecular weight excluding hydrogens is 322 g/mol. The first-order valence-electron chi connectivity index (χ1n) is 6.64. The molecule has 0 unspecified atom stereocenters. The molecule has 1 heterocycles. The fraction of sp³-hybridized carbons (Fsp3) is 0.533. The third-order valence-electron chi connectivity index (χ3n) is 3.35. The number of hydrogen-bond donors (Lipinski definition) is 0. The van der Waals surface area contributed by atoms with Crippen LogP contribution in [0, 0.1) is 0 Å². The van der Waals surface area contributed by atoms with Crippen LogP contribution in [0.25, 0.3) is 0 Å². The molecule has 0 amide bonds. The lowest BCUT2D eigenvalue weighted by Gasteiger charge is -2.37. The highest BCUT2D eigenvalue weighted by Gasteiger charge is 2.28. The minimum Gasteiger partial charge on any atom is -0.496 e. The van der Waals surface area contributed by atoms with Gasteiger partial charge in [-0.05, 0) is 48.0 Å². The van der Waals surface area contributed by atoms with Crippen LogP contribution in [-0.4, -0.2) is 49.6 Å². The molecule has 1 saturated heterocycles. The van der Waals surface area contributed by atoms with Crippen molar-refractivity contribution in [3.8, 4) is 5.75 Å². The van der Waals surface area contributed by atoms with E-state index < -0.39 is 0 Å². The molecule has 0 N–H and O–H groups in total. The number of morpholine rings is 1. The highest BCUT2D eigenvalue weighted by Crippen LogP contribution is 2.26. The van der Waals surface area contributed by atoms with Crippen molar-refractivity contribution >= 4 is 21.7 Å². The minimum atomic E-state index is -0.182. The van der Waals surface area contributed by atoms with Gasteiger partial charge in [-0.25, -0.2) is 0 Å². The second kappa shape index (κ2) is 6.24. The van der Waals surface area contributed by atoms with Gasteiger partial charge in [0.1, 0.15) is 5.75 Å². The van der Waals surface area contributed by atoms with Crippen LogP contribution in [0.5, 0.6) is 5.75 Å². The van der Waals surface area contributed by atoms with Gasteiger partial charge in [0.2, 0.25) is 0 Å². The van der Waals surface area contributed by atoms with E-state index >= 15 is 0 Å². The van der Waals surface area contributed by atoms with Crippen LogP contribution >= 0.6 is 15.9 Å². The second-order valence-corrected chi connectivity index (χ2v) is 6.45. The molecule has 1 aromatic carbocycles. The smallest absolute Gasteiger partial charge is 0.176 e. The van der Waals surface area contributed by atoms with Crippen molar-refractivity contribution in [3.05, 3.63) is 28.2 Å². The molecule has 0 atom stereocenters. The van der Waals surface area contributed by atoms with Crippen LogP contribution in [-0.2, 0) is 4.74 Å². The molecular formula is C15H20BrNO3. The maximum atomic E-state index is 12.3. The van der Waals surface area contributed by atoms with Gasteiger partial charge in [0.15, 0.2) is 5.78 Å². The molecule has 2 rings (SSSR count). The third kappa shape index (κ3) is 3.81. The molecule has 0 radical (unpaired) electrons. The number of ketones is 1. The van der Waals surface area contributed by atoms with Gasteiger partial charge in [-0.2, -0.15) is 0 Å². The van der Waals surface area contributed by atoms with Gasteiger partial charge in [0.25, 0.3) is 0 Å². The summed E-state index contributed by atoms with van der Waals surface area (Å²) in [5, 5.41) is 0. The highest BCUT2D eigenvalue weighted by molar-refractivity contribution is 9.10. The number of nitrogens with zero attached hydrogens (tertiary/aromatic N) is 1. The number of ether oxygens (including phenoxy) is 2. The van der Waals surface area contributed by atoms with Crippen molar-refractivity contribution in [1.82, 2.24) is 4.90 Å². The molecule has 1 aliphatic rings. The zero-order valence-electron chi connectivity index (χ0n) is 12.1. The summed E-state index contributed by atoms with van der Waals surface area (Å²) in [5.41, 5.74) is 0.515. The first-order valence-corrected chi connectivity index (χ1v) is 7.44. The minimum absolute atomic E-state index is 0.117. The molecule has 0 spiro atoms. The van der Waals surface area contributed by atoms with Gasteiger partial charge in [0, 0.05) is 18.7 Å². The lowest BCUT2D eigenvalue weighted by atomic mass is 10.1. The Bertz CT molecular complexity index is 502. The van der Waals surface area contributed by atoms with Crippen LogP contribution in [0.15, 0.2) is 22.7 Å². The number of hydrogen-bond acceptors (Lipinski definition) is 4. The van der Waals surface area contributed by atoms with Crippen molar-refractivity contribution in [2.45, 2.75) is 19.4 Å². The molecule has 0 aromatic heterocycles. The Morgan fingerprint density at radius 1 is 1.50 bits per heavy atom. The standard InChI is InChI=1S/C15H20BrNO3/c1-15(2)10-17(6-7-20-15)9-13(18)11-4-5-14(19-3)12(16)8-11/h4-5,8H,6-7,9-10H2,1-3H3. The summed E-state index contributed by atoms with van der Waals surface area (Å²) in [4.78, 5) is 14.5. The Hall–Kier alpha value is -0.910. The van der Waals surface area contributed by atoms with Gasteiger partial charge in [-0.15, -0.1) is 0 Å². The summed E-state index contributed by atoms with van der Waals surface area (Å²) >= 11 is 3.41. The SMILES string of the molecule is COc1ccc(C(=O)CN2CCOC(C)(C)C2)cc1Br. The molecule has 1 aliphatic heterocycles. The van der Waals surface area contributed by atoms with E-state index in [0.29, 0.717) is 18.7 Å². The number of carbonyl (C=O) groups excluding carboxylic acids is 1. The summed E-state index contributed by atoms with van der Waals surface area (Å²) in [6.07, 6.45) is 0. The maximum Gasteiger partial charge on any atom is 0.176 e. The summed E-state index contributed by atoms with van der Waals surface area (Å²) < 4.78 is 11.6. The van der Waals surface area contributed by atoms with Gasteiger partial charge in [0.05, 0.1) is 30.3 Å². The van der Waals surface area contributed by atoms with Crippen LogP contribution < -0.4 is 4.74 Å². The van der Waals surface area contributed by atoms with E-state index in [-0.39, 0.29) is 11.4 Å². The Labute approximate surface area is 128 Å². The van der Waals surface area contributed by atoms with E-state index in [9.17, 15) is 4.79 Å². The van der Waals surface area contributed by atoms with Crippen molar-refractivity contribution in [1.29, 1.82) is 0 Å². The topological polar surface area (TPSA) is 38.8 Å². The number of methoxy groups -OCH3 is 1. The second-order valence-electron chi connectivity index (χ2n) is 5.59. The van der Waals surface area contributed by atoms with Crippen molar-refractivity contribution < 1.29 is 14.3 Å². The van der Waals surface area contributed by atoms with E-state index in [1.54, 1.807) is 19.2 Å². The van der Waals surface area contributed by atoms with E-state index in [1.165, 1.54) is 0 Å². The van der Waals surface area contributed by atoms with Gasteiger partial charge < -0.3 is 9.47 Å². The molecule has 0 bridgehead atoms. The fourth-order valence-corrected chi connectivity index (χ4v) is 2.92. The van der Waals surface area contributed by atoms with Gasteiger partial charge in [-0.1, -0.05) is 0 Å². The number of benzene rings is 1. The van der Waals surface area contributed by atoms with Crippen molar-refractivity contribution in [3.63, 3.8) is 0 Å². The first-order chi connectivity index (χ1) is 9.41. The Morgan fingerprint density at radius 3 is 2.85 bits per heavy atom. The number of carbonyl (C=O) groups is 1. The Kier molecular flexibility index (Phi) is 4.83. The predicted molar refractivity (Wildman–Crippen MR) is 81.5 cm³/mol. The highest BCUT2D eigenvalue weighted by atomic mass is 79.9. The number of rotatable bonds is 4. The molecule has 1 fully saturated rings. The summed E-state index contributed by atoms with van der Waals surface area (Å²) in [5.74, 6) is 0.847. The number of Topliss-reactive ketones (excluding diaryl/α,β-unsaturated/α-hetero) is 1. The first kappa shape index (κ1) is 15.5. The Morgan fingerprint density at radius 2 is 2.25 bits per heavy atom. The monoisotopic (exact) mass is 341 g/mol. The lowest BCUT2D eigenvalue weighted by molar-refractivity contribution is -0.0833. The largest absolute Gasteiger partial charge is 0.496 e. The molecule has 0 saturated carbocycles. The van der Waals surface area contributed by atoms with E-state index in [0.717, 1.165) is 23.3 Å². The number of halogens is 1. The summed E-state index contributed by atoms with van der Waals surface area (Å²) in [7, 11) is 1.61. The summed E-state index contributed by atoms with van der Waals surface area (Å²) in [6, 6.07) is 5.42.